The number of benzene rings is 2. The average Bonchev–Trinajstić information content (AvgIpc) is 2.62. The Balaban J connectivity index is 1.98. The van der Waals surface area contributed by atoms with Crippen LogP contribution in [0.5, 0.6) is 0 Å². The van der Waals surface area contributed by atoms with E-state index in [1.54, 1.807) is 13.8 Å². The minimum Gasteiger partial charge on any atom is -0.481 e. The molecule has 1 unspecified atom stereocenters. The number of rotatable bonds is 9. The van der Waals surface area contributed by atoms with Crippen LogP contribution in [0.25, 0.3) is 0 Å². The number of hydrogen-bond acceptors (Lipinski definition) is 2. The summed E-state index contributed by atoms with van der Waals surface area (Å²) in [4.78, 5) is 23.6. The second-order valence-corrected chi connectivity index (χ2v) is 7.29. The van der Waals surface area contributed by atoms with Gasteiger partial charge in [0.25, 0.3) is 0 Å². The summed E-state index contributed by atoms with van der Waals surface area (Å²) in [6, 6.07) is 20.2. The largest absolute Gasteiger partial charge is 0.481 e. The Kier molecular flexibility index (Phi) is 6.96. The van der Waals surface area contributed by atoms with E-state index in [-0.39, 0.29) is 11.8 Å². The van der Waals surface area contributed by atoms with Gasteiger partial charge in [-0.15, -0.1) is 0 Å². The quantitative estimate of drug-likeness (QED) is 0.715. The molecule has 2 rings (SSSR count). The zero-order valence-corrected chi connectivity index (χ0v) is 15.4. The Morgan fingerprint density at radius 1 is 1.00 bits per heavy atom. The van der Waals surface area contributed by atoms with Crippen LogP contribution in [-0.2, 0) is 16.0 Å². The van der Waals surface area contributed by atoms with Gasteiger partial charge in [-0.1, -0.05) is 60.7 Å². The van der Waals surface area contributed by atoms with Crippen molar-refractivity contribution in [2.45, 2.75) is 39.0 Å². The maximum atomic E-state index is 12.4. The Labute approximate surface area is 155 Å². The van der Waals surface area contributed by atoms with Crippen molar-refractivity contribution in [2.75, 3.05) is 6.54 Å². The van der Waals surface area contributed by atoms with Crippen LogP contribution >= 0.6 is 0 Å². The standard InChI is InChI=1S/C22H27NO3/c1-22(2,21(25)26)13-14-23-20(24)16-19(18-11-7-4-8-12-18)15-17-9-5-3-6-10-17/h3-12,19H,13-16H2,1-2H3,(H,23,24)(H,25,26). The molecule has 0 saturated heterocycles. The maximum absolute atomic E-state index is 12.4. The molecule has 0 heterocycles. The van der Waals surface area contributed by atoms with Crippen molar-refractivity contribution in [3.05, 3.63) is 71.8 Å². The molecule has 4 nitrogen and oxygen atoms in total. The Morgan fingerprint density at radius 3 is 2.15 bits per heavy atom. The van der Waals surface area contributed by atoms with Crippen LogP contribution in [0.3, 0.4) is 0 Å². The highest BCUT2D eigenvalue weighted by Gasteiger charge is 2.26. The molecule has 2 aromatic rings. The molecule has 138 valence electrons. The van der Waals surface area contributed by atoms with Gasteiger partial charge >= 0.3 is 5.97 Å². The van der Waals surface area contributed by atoms with Gasteiger partial charge in [-0.25, -0.2) is 0 Å². The summed E-state index contributed by atoms with van der Waals surface area (Å²) >= 11 is 0. The minimum atomic E-state index is -0.849. The van der Waals surface area contributed by atoms with Crippen molar-refractivity contribution in [3.8, 4) is 0 Å². The van der Waals surface area contributed by atoms with E-state index in [2.05, 4.69) is 29.6 Å². The van der Waals surface area contributed by atoms with Crippen LogP contribution in [0.15, 0.2) is 60.7 Å². The normalized spacial score (nSPS) is 12.4. The third-order valence-electron chi connectivity index (χ3n) is 4.68. The van der Waals surface area contributed by atoms with Crippen LogP contribution in [0.1, 0.15) is 43.7 Å². The summed E-state index contributed by atoms with van der Waals surface area (Å²) in [7, 11) is 0. The van der Waals surface area contributed by atoms with Crippen molar-refractivity contribution >= 4 is 11.9 Å². The molecule has 0 radical (unpaired) electrons. The van der Waals surface area contributed by atoms with Gasteiger partial charge in [0, 0.05) is 13.0 Å². The molecular formula is C22H27NO3. The predicted molar refractivity (Wildman–Crippen MR) is 103 cm³/mol. The minimum absolute atomic E-state index is 0.0454. The third kappa shape index (κ3) is 6.03. The summed E-state index contributed by atoms with van der Waals surface area (Å²) in [5, 5.41) is 12.0. The van der Waals surface area contributed by atoms with Crippen LogP contribution < -0.4 is 5.32 Å². The van der Waals surface area contributed by atoms with Crippen LogP contribution in [-0.4, -0.2) is 23.5 Å². The van der Waals surface area contributed by atoms with E-state index in [4.69, 9.17) is 5.11 Å². The van der Waals surface area contributed by atoms with Gasteiger partial charge in [0.2, 0.25) is 5.91 Å². The van der Waals surface area contributed by atoms with Gasteiger partial charge < -0.3 is 10.4 Å². The van der Waals surface area contributed by atoms with Crippen LogP contribution in [0, 0.1) is 5.41 Å². The molecule has 2 N–H and O–H groups in total. The molecule has 0 aliphatic rings. The summed E-state index contributed by atoms with van der Waals surface area (Å²) in [5.74, 6) is -0.806. The van der Waals surface area contributed by atoms with Gasteiger partial charge in [0.15, 0.2) is 0 Å². The van der Waals surface area contributed by atoms with Gasteiger partial charge in [-0.05, 0) is 43.7 Å². The Bertz CT molecular complexity index is 711. The monoisotopic (exact) mass is 353 g/mol. The highest BCUT2D eigenvalue weighted by atomic mass is 16.4. The highest BCUT2D eigenvalue weighted by Crippen LogP contribution is 2.25. The van der Waals surface area contributed by atoms with Crippen LogP contribution in [0.4, 0.5) is 0 Å². The van der Waals surface area contributed by atoms with Gasteiger partial charge in [-0.2, -0.15) is 0 Å². The van der Waals surface area contributed by atoms with Gasteiger partial charge in [0.05, 0.1) is 5.41 Å². The lowest BCUT2D eigenvalue weighted by molar-refractivity contribution is -0.147. The Morgan fingerprint density at radius 2 is 1.58 bits per heavy atom. The lowest BCUT2D eigenvalue weighted by Crippen LogP contribution is -2.32. The van der Waals surface area contributed by atoms with E-state index in [0.29, 0.717) is 19.4 Å². The lowest BCUT2D eigenvalue weighted by atomic mass is 9.88. The van der Waals surface area contributed by atoms with Crippen molar-refractivity contribution in [1.82, 2.24) is 5.32 Å². The second kappa shape index (κ2) is 9.18. The van der Waals surface area contributed by atoms with Gasteiger partial charge in [0.1, 0.15) is 0 Å². The van der Waals surface area contributed by atoms with E-state index in [9.17, 15) is 9.59 Å². The molecule has 1 amide bonds. The van der Waals surface area contributed by atoms with Gasteiger partial charge in [-0.3, -0.25) is 9.59 Å². The first-order chi connectivity index (χ1) is 12.4. The maximum Gasteiger partial charge on any atom is 0.309 e. The first-order valence-electron chi connectivity index (χ1n) is 8.97. The number of amides is 1. The third-order valence-corrected chi connectivity index (χ3v) is 4.68. The number of nitrogens with one attached hydrogen (secondary N) is 1. The highest BCUT2D eigenvalue weighted by molar-refractivity contribution is 5.77. The number of carbonyl (C=O) groups is 2. The molecule has 0 aromatic heterocycles. The molecule has 0 spiro atoms. The first kappa shape index (κ1) is 19.7. The summed E-state index contributed by atoms with van der Waals surface area (Å²) in [6.07, 6.45) is 1.58. The zero-order chi connectivity index (χ0) is 19.0. The summed E-state index contributed by atoms with van der Waals surface area (Å²) in [6.45, 7) is 3.71. The molecule has 0 aliphatic heterocycles. The molecule has 4 heteroatoms. The molecular weight excluding hydrogens is 326 g/mol. The fourth-order valence-electron chi connectivity index (χ4n) is 2.85. The number of aliphatic carboxylic acids is 1. The average molecular weight is 353 g/mol. The zero-order valence-electron chi connectivity index (χ0n) is 15.4. The SMILES string of the molecule is CC(C)(CCNC(=O)CC(Cc1ccccc1)c1ccccc1)C(=O)O. The van der Waals surface area contributed by atoms with E-state index in [0.717, 1.165) is 12.0 Å². The Hall–Kier alpha value is -2.62. The number of carbonyl (C=O) groups excluding carboxylic acids is 1. The van der Waals surface area contributed by atoms with E-state index >= 15 is 0 Å². The fraction of sp³-hybridized carbons (Fsp3) is 0.364. The van der Waals surface area contributed by atoms with E-state index < -0.39 is 11.4 Å². The molecule has 0 fully saturated rings. The molecule has 0 saturated carbocycles. The molecule has 26 heavy (non-hydrogen) atoms. The van der Waals surface area contributed by atoms with E-state index in [1.165, 1.54) is 5.56 Å². The summed E-state index contributed by atoms with van der Waals surface area (Å²) in [5.41, 5.74) is 1.49. The number of hydrogen-bond donors (Lipinski definition) is 2. The predicted octanol–water partition coefficient (Wildman–Crippen LogP) is 4.02. The first-order valence-corrected chi connectivity index (χ1v) is 8.97. The van der Waals surface area contributed by atoms with Crippen molar-refractivity contribution in [2.24, 2.45) is 5.41 Å². The van der Waals surface area contributed by atoms with Crippen LogP contribution in [0.2, 0.25) is 0 Å². The van der Waals surface area contributed by atoms with Crippen molar-refractivity contribution < 1.29 is 14.7 Å². The second-order valence-electron chi connectivity index (χ2n) is 7.29. The van der Waals surface area contributed by atoms with Crippen molar-refractivity contribution in [3.63, 3.8) is 0 Å². The fourth-order valence-corrected chi connectivity index (χ4v) is 2.85. The molecule has 2 aromatic carbocycles. The topological polar surface area (TPSA) is 66.4 Å². The lowest BCUT2D eigenvalue weighted by Gasteiger charge is -2.20. The molecule has 0 aliphatic carbocycles. The molecule has 0 bridgehead atoms. The summed E-state index contributed by atoms with van der Waals surface area (Å²) < 4.78 is 0. The number of carboxylic acids is 1. The van der Waals surface area contributed by atoms with Crippen molar-refractivity contribution in [1.29, 1.82) is 0 Å². The smallest absolute Gasteiger partial charge is 0.309 e. The molecule has 1 atom stereocenters. The number of carboxylic acid groups (broad SMARTS) is 1. The van der Waals surface area contributed by atoms with E-state index in [1.807, 2.05) is 36.4 Å².